The number of hydrogen-bond donors (Lipinski definition) is 1. The molecule has 0 spiro atoms. The van der Waals surface area contributed by atoms with Gasteiger partial charge in [0.05, 0.1) is 10.7 Å². The fourth-order valence-corrected chi connectivity index (χ4v) is 3.06. The lowest BCUT2D eigenvalue weighted by molar-refractivity contribution is 0.578. The molecule has 1 heterocycles. The van der Waals surface area contributed by atoms with Crippen LogP contribution in [-0.2, 0) is 5.41 Å². The maximum Gasteiger partial charge on any atom is 0.0985 e. The Hall–Kier alpha value is -0.0600. The first-order valence-corrected chi connectivity index (χ1v) is 8.60. The normalized spacial score (nSPS) is 15.7. The number of hydrogen-bond acceptors (Lipinski definition) is 4. The van der Waals surface area contributed by atoms with Crippen molar-refractivity contribution < 1.29 is 0 Å². The first-order chi connectivity index (χ1) is 8.25. The SMILES string of the molecule is CSC(C)CNC(C)c1sc(C(C)(C)C)nc1C. The minimum absolute atomic E-state index is 0.153. The van der Waals surface area contributed by atoms with Crippen molar-refractivity contribution in [3.8, 4) is 0 Å². The average molecular weight is 287 g/mol. The van der Waals surface area contributed by atoms with E-state index in [4.69, 9.17) is 4.98 Å². The zero-order chi connectivity index (χ0) is 13.9. The van der Waals surface area contributed by atoms with E-state index in [1.54, 1.807) is 0 Å². The summed E-state index contributed by atoms with van der Waals surface area (Å²) < 4.78 is 0. The summed E-state index contributed by atoms with van der Waals surface area (Å²) in [6.07, 6.45) is 2.16. The second-order valence-corrected chi connectivity index (χ2v) is 8.20. The Kier molecular flexibility index (Phi) is 5.68. The van der Waals surface area contributed by atoms with Crippen LogP contribution in [-0.4, -0.2) is 23.0 Å². The molecule has 0 saturated heterocycles. The lowest BCUT2D eigenvalue weighted by Crippen LogP contribution is -2.25. The fourth-order valence-electron chi connectivity index (χ4n) is 1.65. The summed E-state index contributed by atoms with van der Waals surface area (Å²) in [6.45, 7) is 14.3. The highest BCUT2D eigenvalue weighted by Crippen LogP contribution is 2.32. The van der Waals surface area contributed by atoms with Crippen molar-refractivity contribution in [3.63, 3.8) is 0 Å². The minimum atomic E-state index is 0.153. The van der Waals surface area contributed by atoms with Crippen LogP contribution in [0.4, 0.5) is 0 Å². The Labute approximate surface area is 120 Å². The molecule has 2 atom stereocenters. The molecule has 0 saturated carbocycles. The molecule has 0 aromatic carbocycles. The van der Waals surface area contributed by atoms with E-state index in [0.29, 0.717) is 11.3 Å². The van der Waals surface area contributed by atoms with Crippen LogP contribution in [0.5, 0.6) is 0 Å². The molecule has 0 amide bonds. The van der Waals surface area contributed by atoms with Crippen LogP contribution >= 0.6 is 23.1 Å². The zero-order valence-corrected chi connectivity index (χ0v) is 14.3. The predicted octanol–water partition coefficient (Wildman–Crippen LogP) is 4.15. The Morgan fingerprint density at radius 2 is 1.94 bits per heavy atom. The molecule has 0 fully saturated rings. The molecule has 0 radical (unpaired) electrons. The molecule has 104 valence electrons. The van der Waals surface area contributed by atoms with Gasteiger partial charge in [0.25, 0.3) is 0 Å². The topological polar surface area (TPSA) is 24.9 Å². The van der Waals surface area contributed by atoms with Gasteiger partial charge in [0.15, 0.2) is 0 Å². The molecule has 0 aliphatic rings. The van der Waals surface area contributed by atoms with Crippen LogP contribution < -0.4 is 5.32 Å². The van der Waals surface area contributed by atoms with Crippen molar-refractivity contribution in [2.24, 2.45) is 0 Å². The lowest BCUT2D eigenvalue weighted by atomic mass is 9.98. The summed E-state index contributed by atoms with van der Waals surface area (Å²) in [5.41, 5.74) is 1.33. The third kappa shape index (κ3) is 4.25. The molecule has 1 N–H and O–H groups in total. The second kappa shape index (κ2) is 6.40. The summed E-state index contributed by atoms with van der Waals surface area (Å²) in [6, 6.07) is 0.396. The van der Waals surface area contributed by atoms with E-state index in [0.717, 1.165) is 6.54 Å². The number of rotatable bonds is 5. The molecule has 0 aliphatic carbocycles. The van der Waals surface area contributed by atoms with Crippen LogP contribution in [0.1, 0.15) is 56.2 Å². The third-order valence-electron chi connectivity index (χ3n) is 2.98. The molecular formula is C14H26N2S2. The van der Waals surface area contributed by atoms with Crippen LogP contribution in [0.15, 0.2) is 0 Å². The highest BCUT2D eigenvalue weighted by Gasteiger charge is 2.22. The monoisotopic (exact) mass is 286 g/mol. The third-order valence-corrected chi connectivity index (χ3v) is 5.72. The first-order valence-electron chi connectivity index (χ1n) is 6.49. The summed E-state index contributed by atoms with van der Waals surface area (Å²) in [7, 11) is 0. The molecule has 1 aromatic heterocycles. The van der Waals surface area contributed by atoms with Gasteiger partial charge in [0.2, 0.25) is 0 Å². The van der Waals surface area contributed by atoms with Gasteiger partial charge in [0, 0.05) is 28.1 Å². The largest absolute Gasteiger partial charge is 0.308 e. The van der Waals surface area contributed by atoms with E-state index in [-0.39, 0.29) is 5.41 Å². The van der Waals surface area contributed by atoms with Crippen molar-refractivity contribution in [3.05, 3.63) is 15.6 Å². The van der Waals surface area contributed by atoms with Gasteiger partial charge in [-0.25, -0.2) is 4.98 Å². The summed E-state index contributed by atoms with van der Waals surface area (Å²) in [4.78, 5) is 6.11. The van der Waals surface area contributed by atoms with E-state index in [1.165, 1.54) is 15.6 Å². The van der Waals surface area contributed by atoms with Crippen molar-refractivity contribution >= 4 is 23.1 Å². The predicted molar refractivity (Wildman–Crippen MR) is 84.9 cm³/mol. The number of thioether (sulfide) groups is 1. The summed E-state index contributed by atoms with van der Waals surface area (Å²) >= 11 is 3.75. The highest BCUT2D eigenvalue weighted by molar-refractivity contribution is 7.99. The van der Waals surface area contributed by atoms with E-state index in [9.17, 15) is 0 Å². The Morgan fingerprint density at radius 1 is 1.33 bits per heavy atom. The van der Waals surface area contributed by atoms with Gasteiger partial charge in [-0.3, -0.25) is 0 Å². The average Bonchev–Trinajstić information content (AvgIpc) is 2.67. The molecule has 4 heteroatoms. The van der Waals surface area contributed by atoms with Crippen molar-refractivity contribution in [2.75, 3.05) is 12.8 Å². The second-order valence-electron chi connectivity index (χ2n) is 5.89. The summed E-state index contributed by atoms with van der Waals surface area (Å²) in [5, 5.41) is 5.50. The van der Waals surface area contributed by atoms with Crippen LogP contribution in [0.3, 0.4) is 0 Å². The van der Waals surface area contributed by atoms with Gasteiger partial charge < -0.3 is 5.32 Å². The fraction of sp³-hybridized carbons (Fsp3) is 0.786. The molecule has 1 rings (SSSR count). The number of thiazole rings is 1. The standard InChI is InChI=1S/C14H26N2S2/c1-9(17-7)8-15-10(2)12-11(3)16-13(18-12)14(4,5)6/h9-10,15H,8H2,1-7H3. The smallest absolute Gasteiger partial charge is 0.0985 e. The van der Waals surface area contributed by atoms with Gasteiger partial charge in [-0.2, -0.15) is 11.8 Å². The van der Waals surface area contributed by atoms with Crippen molar-refractivity contribution in [2.45, 2.75) is 58.2 Å². The molecule has 2 nitrogen and oxygen atoms in total. The maximum atomic E-state index is 4.72. The minimum Gasteiger partial charge on any atom is -0.308 e. The van der Waals surface area contributed by atoms with Gasteiger partial charge >= 0.3 is 0 Å². The summed E-state index contributed by atoms with van der Waals surface area (Å²) in [5.74, 6) is 0. The van der Waals surface area contributed by atoms with Gasteiger partial charge in [-0.15, -0.1) is 11.3 Å². The Balaban J connectivity index is 2.74. The van der Waals surface area contributed by atoms with E-state index < -0.39 is 0 Å². The molecular weight excluding hydrogens is 260 g/mol. The molecule has 0 aliphatic heterocycles. The number of nitrogens with zero attached hydrogens (tertiary/aromatic N) is 1. The van der Waals surface area contributed by atoms with Gasteiger partial charge in [0.1, 0.15) is 0 Å². The van der Waals surface area contributed by atoms with E-state index >= 15 is 0 Å². The quantitative estimate of drug-likeness (QED) is 0.880. The van der Waals surface area contributed by atoms with Crippen LogP contribution in [0.2, 0.25) is 0 Å². The lowest BCUT2D eigenvalue weighted by Gasteiger charge is -2.16. The van der Waals surface area contributed by atoms with Crippen LogP contribution in [0.25, 0.3) is 0 Å². The van der Waals surface area contributed by atoms with Crippen molar-refractivity contribution in [1.29, 1.82) is 0 Å². The molecule has 2 unspecified atom stereocenters. The Morgan fingerprint density at radius 3 is 2.39 bits per heavy atom. The van der Waals surface area contributed by atoms with Gasteiger partial charge in [-0.05, 0) is 20.1 Å². The van der Waals surface area contributed by atoms with Gasteiger partial charge in [-0.1, -0.05) is 27.7 Å². The van der Waals surface area contributed by atoms with E-state index in [1.807, 2.05) is 23.1 Å². The highest BCUT2D eigenvalue weighted by atomic mass is 32.2. The number of aryl methyl sites for hydroxylation is 1. The molecule has 18 heavy (non-hydrogen) atoms. The van der Waals surface area contributed by atoms with Crippen LogP contribution in [0, 0.1) is 6.92 Å². The van der Waals surface area contributed by atoms with Crippen molar-refractivity contribution in [1.82, 2.24) is 10.3 Å². The molecule has 1 aromatic rings. The zero-order valence-electron chi connectivity index (χ0n) is 12.6. The maximum absolute atomic E-state index is 4.72. The van der Waals surface area contributed by atoms with E-state index in [2.05, 4.69) is 53.1 Å². The first kappa shape index (κ1) is 16.0. The Bertz CT molecular complexity index is 380. The number of aromatic nitrogens is 1. The molecule has 0 bridgehead atoms. The number of nitrogens with one attached hydrogen (secondary N) is 1.